The summed E-state index contributed by atoms with van der Waals surface area (Å²) in [5.41, 5.74) is 6.35. The largest absolute Gasteiger partial charge is 0.508 e. The van der Waals surface area contributed by atoms with Gasteiger partial charge in [0.1, 0.15) is 5.75 Å². The molecular formula is C12H15NO3. The third-order valence-corrected chi connectivity index (χ3v) is 2.36. The Bertz CT molecular complexity index is 424. The molecule has 86 valence electrons. The van der Waals surface area contributed by atoms with Crippen LogP contribution in [0.1, 0.15) is 29.8 Å². The molecule has 1 aromatic carbocycles. The summed E-state index contributed by atoms with van der Waals surface area (Å²) in [5, 5.41) is 9.63. The lowest BCUT2D eigenvalue weighted by atomic mass is 10.0. The van der Waals surface area contributed by atoms with E-state index >= 15 is 0 Å². The van der Waals surface area contributed by atoms with E-state index in [-0.39, 0.29) is 23.7 Å². The number of carbonyl (C=O) groups excluding carboxylic acids is 2. The van der Waals surface area contributed by atoms with Crippen LogP contribution in [0.25, 0.3) is 0 Å². The second kappa shape index (κ2) is 4.90. The van der Waals surface area contributed by atoms with E-state index in [9.17, 15) is 14.7 Å². The second-order valence-electron chi connectivity index (χ2n) is 3.83. The summed E-state index contributed by atoms with van der Waals surface area (Å²) in [6.07, 6.45) is 0.0850. The molecule has 0 heterocycles. The zero-order valence-electron chi connectivity index (χ0n) is 9.36. The Morgan fingerprint density at radius 3 is 2.50 bits per heavy atom. The third-order valence-electron chi connectivity index (χ3n) is 2.36. The van der Waals surface area contributed by atoms with E-state index in [1.807, 2.05) is 0 Å². The summed E-state index contributed by atoms with van der Waals surface area (Å²) in [6.45, 7) is 3.02. The Balaban J connectivity index is 2.91. The van der Waals surface area contributed by atoms with Crippen LogP contribution in [0.3, 0.4) is 0 Å². The molecule has 0 saturated heterocycles. The first-order chi connectivity index (χ1) is 7.41. The van der Waals surface area contributed by atoms with Crippen molar-refractivity contribution >= 4 is 11.6 Å². The Morgan fingerprint density at radius 2 is 2.06 bits per heavy atom. The lowest BCUT2D eigenvalue weighted by molar-refractivity contribution is -0.119. The number of phenols is 1. The molecule has 1 rings (SSSR count). The molecule has 0 amide bonds. The summed E-state index contributed by atoms with van der Waals surface area (Å²) in [4.78, 5) is 22.4. The lowest BCUT2D eigenvalue weighted by Crippen LogP contribution is -2.28. The minimum absolute atomic E-state index is 0.0401. The van der Waals surface area contributed by atoms with Crippen molar-refractivity contribution in [3.05, 3.63) is 29.3 Å². The van der Waals surface area contributed by atoms with Gasteiger partial charge in [-0.2, -0.15) is 0 Å². The fourth-order valence-electron chi connectivity index (χ4n) is 1.28. The van der Waals surface area contributed by atoms with Gasteiger partial charge in [-0.05, 0) is 19.9 Å². The first-order valence-corrected chi connectivity index (χ1v) is 5.03. The number of benzene rings is 1. The third kappa shape index (κ3) is 2.90. The lowest BCUT2D eigenvalue weighted by Gasteiger charge is -2.07. The first kappa shape index (κ1) is 12.4. The van der Waals surface area contributed by atoms with Gasteiger partial charge < -0.3 is 10.8 Å². The second-order valence-corrected chi connectivity index (χ2v) is 3.83. The molecule has 1 aromatic rings. The van der Waals surface area contributed by atoms with E-state index in [1.54, 1.807) is 19.1 Å². The molecule has 0 aliphatic carbocycles. The zero-order chi connectivity index (χ0) is 12.3. The van der Waals surface area contributed by atoms with Crippen LogP contribution in [0, 0.1) is 0 Å². The molecule has 0 radical (unpaired) electrons. The van der Waals surface area contributed by atoms with Crippen molar-refractivity contribution in [3.63, 3.8) is 0 Å². The molecule has 0 fully saturated rings. The highest BCUT2D eigenvalue weighted by Crippen LogP contribution is 2.20. The van der Waals surface area contributed by atoms with Gasteiger partial charge in [-0.1, -0.05) is 12.1 Å². The first-order valence-electron chi connectivity index (χ1n) is 5.03. The van der Waals surface area contributed by atoms with Crippen molar-refractivity contribution in [1.29, 1.82) is 0 Å². The highest BCUT2D eigenvalue weighted by atomic mass is 16.3. The molecule has 1 unspecified atom stereocenters. The molecule has 0 aliphatic rings. The van der Waals surface area contributed by atoms with Gasteiger partial charge in [0, 0.05) is 17.5 Å². The number of Topliss-reactive ketones (excluding diaryl/α,β-unsaturated/α-hetero) is 2. The zero-order valence-corrected chi connectivity index (χ0v) is 9.36. The molecular weight excluding hydrogens is 206 g/mol. The van der Waals surface area contributed by atoms with E-state index < -0.39 is 6.04 Å². The number of nitrogens with two attached hydrogens (primary N) is 1. The van der Waals surface area contributed by atoms with Crippen molar-refractivity contribution in [1.82, 2.24) is 0 Å². The van der Waals surface area contributed by atoms with Gasteiger partial charge in [0.05, 0.1) is 6.04 Å². The number of hydrogen-bond donors (Lipinski definition) is 2. The Kier molecular flexibility index (Phi) is 3.79. The number of hydrogen-bond acceptors (Lipinski definition) is 4. The fraction of sp³-hybridized carbons (Fsp3) is 0.333. The Labute approximate surface area is 94.1 Å². The van der Waals surface area contributed by atoms with Gasteiger partial charge >= 0.3 is 0 Å². The van der Waals surface area contributed by atoms with Crippen molar-refractivity contribution in [3.8, 4) is 5.75 Å². The Morgan fingerprint density at radius 1 is 1.44 bits per heavy atom. The number of aromatic hydroxyl groups is 1. The van der Waals surface area contributed by atoms with Gasteiger partial charge in [0.25, 0.3) is 0 Å². The molecule has 0 aliphatic heterocycles. The average Bonchev–Trinajstić information content (AvgIpc) is 2.20. The van der Waals surface area contributed by atoms with Crippen LogP contribution >= 0.6 is 0 Å². The smallest absolute Gasteiger partial charge is 0.159 e. The van der Waals surface area contributed by atoms with Crippen LogP contribution in [0.15, 0.2) is 18.2 Å². The van der Waals surface area contributed by atoms with Crippen LogP contribution in [-0.2, 0) is 11.2 Å². The topological polar surface area (TPSA) is 80.4 Å². The summed E-state index contributed by atoms with van der Waals surface area (Å²) < 4.78 is 0. The SMILES string of the molecule is CC(=O)c1ccc(CC(=O)C(C)N)c(O)c1. The van der Waals surface area contributed by atoms with Crippen molar-refractivity contribution in [2.45, 2.75) is 26.3 Å². The van der Waals surface area contributed by atoms with Crippen LogP contribution in [-0.4, -0.2) is 22.7 Å². The molecule has 0 saturated carbocycles. The summed E-state index contributed by atoms with van der Waals surface area (Å²) >= 11 is 0. The maximum atomic E-state index is 11.4. The van der Waals surface area contributed by atoms with Crippen molar-refractivity contribution < 1.29 is 14.7 Å². The van der Waals surface area contributed by atoms with Gasteiger partial charge in [-0.15, -0.1) is 0 Å². The molecule has 16 heavy (non-hydrogen) atoms. The fourth-order valence-corrected chi connectivity index (χ4v) is 1.28. The summed E-state index contributed by atoms with van der Waals surface area (Å²) in [6, 6.07) is 3.98. The predicted octanol–water partition coefficient (Wildman–Crippen LogP) is 1.05. The molecule has 0 bridgehead atoms. The minimum atomic E-state index is -0.549. The van der Waals surface area contributed by atoms with Gasteiger partial charge in [-0.25, -0.2) is 0 Å². The minimum Gasteiger partial charge on any atom is -0.508 e. The molecule has 4 heteroatoms. The van der Waals surface area contributed by atoms with E-state index in [1.165, 1.54) is 13.0 Å². The average molecular weight is 221 g/mol. The van der Waals surface area contributed by atoms with E-state index in [4.69, 9.17) is 5.73 Å². The molecule has 3 N–H and O–H groups in total. The van der Waals surface area contributed by atoms with Gasteiger partial charge in [-0.3, -0.25) is 9.59 Å². The van der Waals surface area contributed by atoms with Crippen molar-refractivity contribution in [2.24, 2.45) is 5.73 Å². The Hall–Kier alpha value is -1.68. The van der Waals surface area contributed by atoms with Gasteiger partial charge in [0.2, 0.25) is 0 Å². The molecule has 0 aromatic heterocycles. The molecule has 1 atom stereocenters. The highest BCUT2D eigenvalue weighted by molar-refractivity contribution is 5.94. The van der Waals surface area contributed by atoms with Crippen LogP contribution < -0.4 is 5.73 Å². The highest BCUT2D eigenvalue weighted by Gasteiger charge is 2.12. The van der Waals surface area contributed by atoms with E-state index in [0.717, 1.165) is 0 Å². The predicted molar refractivity (Wildman–Crippen MR) is 60.5 cm³/mol. The van der Waals surface area contributed by atoms with Crippen LogP contribution in [0.4, 0.5) is 0 Å². The normalized spacial score (nSPS) is 12.2. The standard InChI is InChI=1S/C12H15NO3/c1-7(13)11(15)6-10-4-3-9(8(2)14)5-12(10)16/h3-5,7,16H,6,13H2,1-2H3. The quantitative estimate of drug-likeness (QED) is 0.745. The van der Waals surface area contributed by atoms with Crippen LogP contribution in [0.2, 0.25) is 0 Å². The number of ketones is 2. The molecule has 0 spiro atoms. The number of rotatable bonds is 4. The van der Waals surface area contributed by atoms with E-state index in [2.05, 4.69) is 0 Å². The maximum absolute atomic E-state index is 11.4. The summed E-state index contributed by atoms with van der Waals surface area (Å²) in [5.74, 6) is -0.312. The van der Waals surface area contributed by atoms with Crippen LogP contribution in [0.5, 0.6) is 5.75 Å². The summed E-state index contributed by atoms with van der Waals surface area (Å²) in [7, 11) is 0. The van der Waals surface area contributed by atoms with Gasteiger partial charge in [0.15, 0.2) is 11.6 Å². The maximum Gasteiger partial charge on any atom is 0.159 e. The van der Waals surface area contributed by atoms with Crippen molar-refractivity contribution in [2.75, 3.05) is 0 Å². The monoisotopic (exact) mass is 221 g/mol. The number of phenolic OH excluding ortho intramolecular Hbond substituents is 1. The molecule has 4 nitrogen and oxygen atoms in total. The van der Waals surface area contributed by atoms with E-state index in [0.29, 0.717) is 11.1 Å². The number of carbonyl (C=O) groups is 2.